The molecule has 146 valence electrons. The van der Waals surface area contributed by atoms with Gasteiger partial charge in [-0.3, -0.25) is 4.90 Å². The summed E-state index contributed by atoms with van der Waals surface area (Å²) in [5, 5.41) is 10.9. The van der Waals surface area contributed by atoms with Crippen LogP contribution in [-0.4, -0.2) is 36.3 Å². The van der Waals surface area contributed by atoms with Crippen LogP contribution in [0.25, 0.3) is 11.0 Å². The first kappa shape index (κ1) is 18.4. The topological polar surface area (TPSA) is 72.1 Å². The first-order valence-electron chi connectivity index (χ1n) is 9.39. The first-order valence-corrected chi connectivity index (χ1v) is 9.39. The molecule has 1 unspecified atom stereocenters. The lowest BCUT2D eigenvalue weighted by Crippen LogP contribution is -2.39. The Morgan fingerprint density at radius 1 is 1.14 bits per heavy atom. The zero-order valence-electron chi connectivity index (χ0n) is 16.0. The zero-order chi connectivity index (χ0) is 19.7. The van der Waals surface area contributed by atoms with Gasteiger partial charge in [-0.15, -0.1) is 0 Å². The lowest BCUT2D eigenvalue weighted by Gasteiger charge is -2.29. The van der Waals surface area contributed by atoms with Crippen molar-refractivity contribution < 1.29 is 19.0 Å². The van der Waals surface area contributed by atoms with E-state index in [0.29, 0.717) is 31.7 Å². The minimum Gasteiger partial charge on any atom is -0.508 e. The Hall–Kier alpha value is -2.99. The molecule has 0 bridgehead atoms. The van der Waals surface area contributed by atoms with E-state index in [4.69, 9.17) is 13.9 Å². The van der Waals surface area contributed by atoms with E-state index in [1.54, 1.807) is 0 Å². The number of para-hydroxylation sites is 2. The molecule has 1 N–H and O–H groups in total. The van der Waals surface area contributed by atoms with Crippen molar-refractivity contribution in [1.82, 2.24) is 4.90 Å². The second-order valence-corrected chi connectivity index (χ2v) is 7.12. The second kappa shape index (κ2) is 7.56. The van der Waals surface area contributed by atoms with Crippen LogP contribution < -0.4 is 15.1 Å². The van der Waals surface area contributed by atoms with Gasteiger partial charge in [0.25, 0.3) is 0 Å². The van der Waals surface area contributed by atoms with Gasteiger partial charge >= 0.3 is 5.63 Å². The highest BCUT2D eigenvalue weighted by Gasteiger charge is 2.22. The number of phenolic OH excluding ortho intramolecular Hbond substituents is 1. The summed E-state index contributed by atoms with van der Waals surface area (Å²) in [5.41, 5.74) is 1.66. The van der Waals surface area contributed by atoms with Crippen LogP contribution in [0.4, 0.5) is 0 Å². The molecule has 3 aromatic rings. The van der Waals surface area contributed by atoms with Crippen LogP contribution in [0, 0.1) is 0 Å². The minimum absolute atomic E-state index is 0.0958. The molecule has 6 nitrogen and oxygen atoms in total. The van der Waals surface area contributed by atoms with Gasteiger partial charge in [0.15, 0.2) is 11.5 Å². The molecule has 2 aromatic carbocycles. The van der Waals surface area contributed by atoms with Gasteiger partial charge in [0, 0.05) is 30.6 Å². The fourth-order valence-corrected chi connectivity index (χ4v) is 3.58. The van der Waals surface area contributed by atoms with E-state index in [1.807, 2.05) is 44.3 Å². The van der Waals surface area contributed by atoms with Gasteiger partial charge in [-0.05, 0) is 42.8 Å². The molecule has 0 radical (unpaired) electrons. The lowest BCUT2D eigenvalue weighted by atomic mass is 10.0. The predicted molar refractivity (Wildman–Crippen MR) is 106 cm³/mol. The van der Waals surface area contributed by atoms with Crippen molar-refractivity contribution in [2.75, 3.05) is 20.2 Å². The SMILES string of the molecule is CCc1cc2c(CN(C)CC3COc4ccccc4O3)cc(=O)oc2cc1O. The number of fused-ring (bicyclic) bond motifs is 2. The Balaban J connectivity index is 1.54. The summed E-state index contributed by atoms with van der Waals surface area (Å²) in [5.74, 6) is 1.66. The number of nitrogens with zero attached hydrogens (tertiary/aromatic N) is 1. The van der Waals surface area contributed by atoms with Crippen molar-refractivity contribution >= 4 is 11.0 Å². The Morgan fingerprint density at radius 3 is 2.71 bits per heavy atom. The minimum atomic E-state index is -0.425. The molecule has 0 aliphatic carbocycles. The van der Waals surface area contributed by atoms with Crippen LogP contribution in [0.1, 0.15) is 18.1 Å². The molecule has 1 aromatic heterocycles. The largest absolute Gasteiger partial charge is 0.508 e. The number of hydrogen-bond acceptors (Lipinski definition) is 6. The maximum absolute atomic E-state index is 12.0. The summed E-state index contributed by atoms with van der Waals surface area (Å²) >= 11 is 0. The van der Waals surface area contributed by atoms with Crippen molar-refractivity contribution in [2.45, 2.75) is 26.0 Å². The highest BCUT2D eigenvalue weighted by atomic mass is 16.6. The molecular formula is C22H23NO5. The molecule has 0 spiro atoms. The number of aryl methyl sites for hydroxylation is 1. The summed E-state index contributed by atoms with van der Waals surface area (Å²) < 4.78 is 17.1. The Labute approximate surface area is 162 Å². The second-order valence-electron chi connectivity index (χ2n) is 7.12. The molecule has 0 saturated heterocycles. The van der Waals surface area contributed by atoms with E-state index in [9.17, 15) is 9.90 Å². The number of rotatable bonds is 5. The van der Waals surface area contributed by atoms with Crippen molar-refractivity contribution in [3.8, 4) is 17.2 Å². The molecule has 2 heterocycles. The van der Waals surface area contributed by atoms with Crippen LogP contribution in [0.2, 0.25) is 0 Å². The van der Waals surface area contributed by atoms with Crippen LogP contribution in [-0.2, 0) is 13.0 Å². The number of ether oxygens (including phenoxy) is 2. The van der Waals surface area contributed by atoms with E-state index in [0.717, 1.165) is 28.0 Å². The van der Waals surface area contributed by atoms with Crippen LogP contribution in [0.5, 0.6) is 17.2 Å². The van der Waals surface area contributed by atoms with Crippen LogP contribution in [0.15, 0.2) is 51.7 Å². The molecule has 1 aliphatic rings. The quantitative estimate of drug-likeness (QED) is 0.684. The zero-order valence-corrected chi connectivity index (χ0v) is 16.0. The molecular weight excluding hydrogens is 358 g/mol. The number of phenols is 1. The number of aromatic hydroxyl groups is 1. The van der Waals surface area contributed by atoms with Gasteiger partial charge in [0.1, 0.15) is 24.0 Å². The van der Waals surface area contributed by atoms with Crippen molar-refractivity contribution in [3.05, 3.63) is 64.0 Å². The van der Waals surface area contributed by atoms with E-state index >= 15 is 0 Å². The summed E-state index contributed by atoms with van der Waals surface area (Å²) in [6.45, 7) is 3.66. The average molecular weight is 381 g/mol. The molecule has 1 aliphatic heterocycles. The van der Waals surface area contributed by atoms with Crippen molar-refractivity contribution in [1.29, 1.82) is 0 Å². The fourth-order valence-electron chi connectivity index (χ4n) is 3.58. The number of hydrogen-bond donors (Lipinski definition) is 1. The van der Waals surface area contributed by atoms with E-state index in [1.165, 1.54) is 12.1 Å². The third-order valence-corrected chi connectivity index (χ3v) is 4.93. The van der Waals surface area contributed by atoms with Gasteiger partial charge < -0.3 is 19.0 Å². The van der Waals surface area contributed by atoms with E-state index < -0.39 is 5.63 Å². The Morgan fingerprint density at radius 2 is 1.93 bits per heavy atom. The summed E-state index contributed by atoms with van der Waals surface area (Å²) in [4.78, 5) is 14.1. The summed E-state index contributed by atoms with van der Waals surface area (Å²) in [6.07, 6.45) is 0.601. The molecule has 0 amide bonds. The number of benzene rings is 2. The normalized spacial score (nSPS) is 15.9. The molecule has 0 fully saturated rings. The lowest BCUT2D eigenvalue weighted by molar-refractivity contribution is 0.0639. The number of likely N-dealkylation sites (N-methyl/N-ethyl adjacent to an activating group) is 1. The maximum atomic E-state index is 12.0. The third kappa shape index (κ3) is 3.68. The van der Waals surface area contributed by atoms with Gasteiger partial charge in [-0.1, -0.05) is 19.1 Å². The molecule has 6 heteroatoms. The first-order chi connectivity index (χ1) is 13.5. The molecule has 28 heavy (non-hydrogen) atoms. The standard InChI is InChI=1S/C22H23NO5/c1-3-14-8-17-15(9-22(25)28-21(17)10-18(14)24)11-23(2)12-16-13-26-19-6-4-5-7-20(19)27-16/h4-10,16,24H,3,11-13H2,1-2H3. The third-order valence-electron chi connectivity index (χ3n) is 4.93. The summed E-state index contributed by atoms with van der Waals surface area (Å²) in [6, 6.07) is 12.6. The Bertz CT molecular complexity index is 1060. The predicted octanol–water partition coefficient (Wildman–Crippen LogP) is 3.33. The van der Waals surface area contributed by atoms with E-state index in [2.05, 4.69) is 4.90 Å². The highest BCUT2D eigenvalue weighted by Crippen LogP contribution is 2.31. The fraction of sp³-hybridized carbons (Fsp3) is 0.318. The van der Waals surface area contributed by atoms with Gasteiger partial charge in [-0.2, -0.15) is 0 Å². The van der Waals surface area contributed by atoms with Crippen molar-refractivity contribution in [3.63, 3.8) is 0 Å². The van der Waals surface area contributed by atoms with Crippen molar-refractivity contribution in [2.24, 2.45) is 0 Å². The maximum Gasteiger partial charge on any atom is 0.336 e. The average Bonchev–Trinajstić information content (AvgIpc) is 2.67. The summed E-state index contributed by atoms with van der Waals surface area (Å²) in [7, 11) is 1.98. The van der Waals surface area contributed by atoms with Crippen LogP contribution >= 0.6 is 0 Å². The molecule has 1 atom stereocenters. The van der Waals surface area contributed by atoms with Gasteiger partial charge in [0.2, 0.25) is 0 Å². The van der Waals surface area contributed by atoms with Gasteiger partial charge in [0.05, 0.1) is 0 Å². The highest BCUT2D eigenvalue weighted by molar-refractivity contribution is 5.82. The monoisotopic (exact) mass is 381 g/mol. The van der Waals surface area contributed by atoms with Crippen LogP contribution in [0.3, 0.4) is 0 Å². The molecule has 0 saturated carbocycles. The van der Waals surface area contributed by atoms with E-state index in [-0.39, 0.29) is 11.9 Å². The Kier molecular flexibility index (Phi) is 4.96. The smallest absolute Gasteiger partial charge is 0.336 e. The van der Waals surface area contributed by atoms with Gasteiger partial charge in [-0.25, -0.2) is 4.79 Å². The molecule has 4 rings (SSSR count).